The molecule has 0 saturated heterocycles. The van der Waals surface area contributed by atoms with Crippen LogP contribution in [0.25, 0.3) is 22.2 Å². The maximum Gasteiger partial charge on any atom is 0.252 e. The summed E-state index contributed by atoms with van der Waals surface area (Å²) >= 11 is 0. The van der Waals surface area contributed by atoms with Crippen LogP contribution in [0.4, 0.5) is 0 Å². The van der Waals surface area contributed by atoms with Crippen LogP contribution in [-0.4, -0.2) is 28.6 Å². The number of carbonyl (C=O) groups excluding carboxylic acids is 1. The number of aliphatic hydroxyl groups is 1. The molecule has 0 aliphatic heterocycles. The van der Waals surface area contributed by atoms with Gasteiger partial charge < -0.3 is 10.4 Å². The van der Waals surface area contributed by atoms with Gasteiger partial charge in [-0.2, -0.15) is 0 Å². The van der Waals surface area contributed by atoms with Gasteiger partial charge in [0, 0.05) is 17.5 Å². The van der Waals surface area contributed by atoms with Crippen molar-refractivity contribution in [2.24, 2.45) is 0 Å². The number of aromatic nitrogens is 1. The zero-order chi connectivity index (χ0) is 17.1. The highest BCUT2D eigenvalue weighted by Crippen LogP contribution is 2.25. The average molecular weight is 320 g/mol. The maximum atomic E-state index is 12.6. The molecule has 122 valence electrons. The molecule has 0 spiro atoms. The Morgan fingerprint density at radius 1 is 1.17 bits per heavy atom. The summed E-state index contributed by atoms with van der Waals surface area (Å²) in [5.74, 6) is -0.206. The quantitative estimate of drug-likeness (QED) is 0.775. The van der Waals surface area contributed by atoms with Crippen molar-refractivity contribution in [3.05, 3.63) is 65.7 Å². The third-order valence-electron chi connectivity index (χ3n) is 3.87. The van der Waals surface area contributed by atoms with Crippen molar-refractivity contribution in [1.29, 1.82) is 0 Å². The smallest absolute Gasteiger partial charge is 0.252 e. The number of hydrogen-bond acceptors (Lipinski definition) is 3. The number of hydrogen-bond donors (Lipinski definition) is 2. The van der Waals surface area contributed by atoms with Crippen LogP contribution >= 0.6 is 0 Å². The Morgan fingerprint density at radius 3 is 2.58 bits per heavy atom. The van der Waals surface area contributed by atoms with Crippen LogP contribution < -0.4 is 5.32 Å². The van der Waals surface area contributed by atoms with Crippen molar-refractivity contribution in [3.8, 4) is 11.3 Å². The maximum absolute atomic E-state index is 12.6. The molecule has 1 heterocycles. The Bertz CT molecular complexity index is 870. The molecule has 0 aliphatic carbocycles. The highest BCUT2D eigenvalue weighted by Gasteiger charge is 2.14. The fourth-order valence-electron chi connectivity index (χ4n) is 2.57. The Balaban J connectivity index is 2.09. The predicted octanol–water partition coefficient (Wildman–Crippen LogP) is 3.32. The minimum atomic E-state index is -0.585. The highest BCUT2D eigenvalue weighted by molar-refractivity contribution is 6.07. The molecule has 2 aromatic carbocycles. The van der Waals surface area contributed by atoms with E-state index in [4.69, 9.17) is 0 Å². The lowest BCUT2D eigenvalue weighted by atomic mass is 10.0. The molecule has 24 heavy (non-hydrogen) atoms. The van der Waals surface area contributed by atoms with Gasteiger partial charge in [-0.1, -0.05) is 48.0 Å². The number of para-hydroxylation sites is 1. The van der Waals surface area contributed by atoms with E-state index >= 15 is 0 Å². The number of aryl methyl sites for hydroxylation is 1. The van der Waals surface area contributed by atoms with E-state index in [0.29, 0.717) is 5.56 Å². The van der Waals surface area contributed by atoms with Crippen LogP contribution in [0.1, 0.15) is 22.8 Å². The minimum absolute atomic E-state index is 0.206. The molecule has 0 aliphatic rings. The number of fused-ring (bicyclic) bond motifs is 1. The van der Waals surface area contributed by atoms with Crippen LogP contribution in [0, 0.1) is 6.92 Å². The number of pyridine rings is 1. The van der Waals surface area contributed by atoms with Crippen molar-refractivity contribution in [2.75, 3.05) is 6.54 Å². The van der Waals surface area contributed by atoms with Gasteiger partial charge in [0.05, 0.1) is 22.9 Å². The third kappa shape index (κ3) is 3.44. The second-order valence-electron chi connectivity index (χ2n) is 6.00. The van der Waals surface area contributed by atoms with Gasteiger partial charge in [0.25, 0.3) is 5.91 Å². The molecule has 0 fully saturated rings. The predicted molar refractivity (Wildman–Crippen MR) is 95.9 cm³/mol. The van der Waals surface area contributed by atoms with Crippen LogP contribution in [0.3, 0.4) is 0 Å². The summed E-state index contributed by atoms with van der Waals surface area (Å²) in [6.45, 7) is 3.89. The monoisotopic (exact) mass is 320 g/mol. The van der Waals surface area contributed by atoms with Crippen molar-refractivity contribution >= 4 is 16.8 Å². The standard InChI is InChI=1S/C20H20N2O2/c1-13-7-9-15(10-8-13)19-11-17(20(24)21-12-14(2)23)16-5-3-4-6-18(16)22-19/h3-11,14,23H,12H2,1-2H3,(H,21,24). The zero-order valence-electron chi connectivity index (χ0n) is 13.8. The van der Waals surface area contributed by atoms with Gasteiger partial charge in [0.15, 0.2) is 0 Å². The molecule has 1 atom stereocenters. The van der Waals surface area contributed by atoms with Gasteiger partial charge >= 0.3 is 0 Å². The topological polar surface area (TPSA) is 62.2 Å². The van der Waals surface area contributed by atoms with Crippen molar-refractivity contribution in [3.63, 3.8) is 0 Å². The van der Waals surface area contributed by atoms with E-state index in [1.807, 2.05) is 61.5 Å². The molecule has 2 N–H and O–H groups in total. The van der Waals surface area contributed by atoms with Gasteiger partial charge in [-0.25, -0.2) is 4.98 Å². The molecule has 3 aromatic rings. The van der Waals surface area contributed by atoms with E-state index < -0.39 is 6.10 Å². The second-order valence-corrected chi connectivity index (χ2v) is 6.00. The highest BCUT2D eigenvalue weighted by atomic mass is 16.3. The Labute approximate surface area is 141 Å². The summed E-state index contributed by atoms with van der Waals surface area (Å²) in [7, 11) is 0. The van der Waals surface area contributed by atoms with E-state index in [2.05, 4.69) is 10.3 Å². The Hall–Kier alpha value is -2.72. The molecule has 0 radical (unpaired) electrons. The van der Waals surface area contributed by atoms with E-state index in [0.717, 1.165) is 22.2 Å². The first-order valence-electron chi connectivity index (χ1n) is 7.97. The van der Waals surface area contributed by atoms with Gasteiger partial charge in [0.2, 0.25) is 0 Å². The van der Waals surface area contributed by atoms with Crippen molar-refractivity contribution < 1.29 is 9.90 Å². The molecule has 0 bridgehead atoms. The Morgan fingerprint density at radius 2 is 1.88 bits per heavy atom. The summed E-state index contributed by atoms with van der Waals surface area (Å²) in [4.78, 5) is 17.2. The molecule has 1 aromatic heterocycles. The fourth-order valence-corrected chi connectivity index (χ4v) is 2.57. The first-order valence-corrected chi connectivity index (χ1v) is 7.97. The lowest BCUT2D eigenvalue weighted by Crippen LogP contribution is -2.30. The normalized spacial score (nSPS) is 12.1. The second kappa shape index (κ2) is 6.81. The molecule has 4 heteroatoms. The average Bonchev–Trinajstić information content (AvgIpc) is 2.59. The van der Waals surface area contributed by atoms with Gasteiger partial charge in [-0.15, -0.1) is 0 Å². The van der Waals surface area contributed by atoms with E-state index in [9.17, 15) is 9.90 Å². The zero-order valence-corrected chi connectivity index (χ0v) is 13.8. The number of carbonyl (C=O) groups is 1. The first kappa shape index (κ1) is 16.1. The first-order chi connectivity index (χ1) is 11.5. The Kier molecular flexibility index (Phi) is 4.58. The number of amides is 1. The van der Waals surface area contributed by atoms with Crippen LogP contribution in [0.2, 0.25) is 0 Å². The minimum Gasteiger partial charge on any atom is -0.392 e. The molecule has 4 nitrogen and oxygen atoms in total. The van der Waals surface area contributed by atoms with Crippen LogP contribution in [0.5, 0.6) is 0 Å². The lowest BCUT2D eigenvalue weighted by Gasteiger charge is -2.11. The largest absolute Gasteiger partial charge is 0.392 e. The van der Waals surface area contributed by atoms with Gasteiger partial charge in [-0.05, 0) is 26.0 Å². The summed E-state index contributed by atoms with van der Waals surface area (Å²) < 4.78 is 0. The lowest BCUT2D eigenvalue weighted by molar-refractivity contribution is 0.0925. The van der Waals surface area contributed by atoms with Gasteiger partial charge in [-0.3, -0.25) is 4.79 Å². The summed E-state index contributed by atoms with van der Waals surface area (Å²) in [6, 6.07) is 17.5. The van der Waals surface area contributed by atoms with Crippen LogP contribution in [-0.2, 0) is 0 Å². The van der Waals surface area contributed by atoms with E-state index in [1.165, 1.54) is 5.56 Å². The SMILES string of the molecule is Cc1ccc(-c2cc(C(=O)NCC(C)O)c3ccccc3n2)cc1. The molecular formula is C20H20N2O2. The summed E-state index contributed by atoms with van der Waals surface area (Å²) in [6.07, 6.45) is -0.585. The van der Waals surface area contributed by atoms with Crippen LogP contribution in [0.15, 0.2) is 54.6 Å². The third-order valence-corrected chi connectivity index (χ3v) is 3.87. The number of benzene rings is 2. The number of nitrogens with zero attached hydrogens (tertiary/aromatic N) is 1. The molecule has 0 saturated carbocycles. The molecule has 3 rings (SSSR count). The van der Waals surface area contributed by atoms with E-state index in [-0.39, 0.29) is 12.5 Å². The number of rotatable bonds is 4. The van der Waals surface area contributed by atoms with Gasteiger partial charge in [0.1, 0.15) is 0 Å². The summed E-state index contributed by atoms with van der Waals surface area (Å²) in [5, 5.41) is 13.0. The van der Waals surface area contributed by atoms with E-state index in [1.54, 1.807) is 6.92 Å². The van der Waals surface area contributed by atoms with Crippen molar-refractivity contribution in [2.45, 2.75) is 20.0 Å². The molecule has 1 amide bonds. The molecular weight excluding hydrogens is 300 g/mol. The molecule has 1 unspecified atom stereocenters. The van der Waals surface area contributed by atoms with Crippen molar-refractivity contribution in [1.82, 2.24) is 10.3 Å². The number of aliphatic hydroxyl groups excluding tert-OH is 1. The fraction of sp³-hybridized carbons (Fsp3) is 0.200. The number of nitrogens with one attached hydrogen (secondary N) is 1. The summed E-state index contributed by atoms with van der Waals surface area (Å²) in [5.41, 5.74) is 4.25.